The van der Waals surface area contributed by atoms with Gasteiger partial charge in [0.1, 0.15) is 6.04 Å². The molecule has 142 valence electrons. The van der Waals surface area contributed by atoms with Gasteiger partial charge >= 0.3 is 0 Å². The summed E-state index contributed by atoms with van der Waals surface area (Å²) in [7, 11) is 2.10. The molecule has 2 aliphatic heterocycles. The summed E-state index contributed by atoms with van der Waals surface area (Å²) >= 11 is 0. The molecule has 0 bridgehead atoms. The quantitative estimate of drug-likeness (QED) is 0.841. The van der Waals surface area contributed by atoms with E-state index in [0.29, 0.717) is 19.0 Å². The standard InChI is InChI=1S/C20H30N4O2/c1-14(2)24-12-11-17-19(24)20(26)21-13-16(23(17)3)9-10-18(25)22-15-7-5-4-6-8-15/h4-8,14,16-17,19H,9-13H2,1-3H3,(H,21,26)(H,22,25)/t16-,17+,19-/m0/s1. The second-order valence-corrected chi connectivity index (χ2v) is 7.65. The van der Waals surface area contributed by atoms with Crippen molar-refractivity contribution in [1.82, 2.24) is 15.1 Å². The lowest BCUT2D eigenvalue weighted by atomic mass is 10.0. The molecule has 0 aliphatic carbocycles. The minimum absolute atomic E-state index is 0.0203. The Morgan fingerprint density at radius 2 is 2.04 bits per heavy atom. The number of nitrogens with zero attached hydrogens (tertiary/aromatic N) is 2. The summed E-state index contributed by atoms with van der Waals surface area (Å²) in [5.74, 6) is 0.149. The lowest BCUT2D eigenvalue weighted by Gasteiger charge is -2.34. The Bertz CT molecular complexity index is 634. The third-order valence-corrected chi connectivity index (χ3v) is 5.71. The zero-order valence-corrected chi connectivity index (χ0v) is 15.9. The van der Waals surface area contributed by atoms with Crippen molar-refractivity contribution in [1.29, 1.82) is 0 Å². The summed E-state index contributed by atoms with van der Waals surface area (Å²) in [6.45, 7) is 5.84. The minimum Gasteiger partial charge on any atom is -0.353 e. The van der Waals surface area contributed by atoms with Crippen molar-refractivity contribution < 1.29 is 9.59 Å². The number of hydrogen-bond donors (Lipinski definition) is 2. The Balaban J connectivity index is 1.59. The molecule has 6 heteroatoms. The molecule has 2 heterocycles. The third kappa shape index (κ3) is 4.07. The average molecular weight is 358 g/mol. The number of carbonyl (C=O) groups is 2. The lowest BCUT2D eigenvalue weighted by molar-refractivity contribution is -0.126. The Kier molecular flexibility index (Phi) is 5.94. The van der Waals surface area contributed by atoms with Crippen LogP contribution in [0.3, 0.4) is 0 Å². The summed E-state index contributed by atoms with van der Waals surface area (Å²) in [4.78, 5) is 29.5. The molecule has 2 saturated heterocycles. The molecule has 0 radical (unpaired) electrons. The number of likely N-dealkylation sites (N-methyl/N-ethyl adjacent to an activating group) is 1. The molecule has 2 amide bonds. The van der Waals surface area contributed by atoms with Crippen LogP contribution in [-0.2, 0) is 9.59 Å². The van der Waals surface area contributed by atoms with Gasteiger partial charge in [0.15, 0.2) is 0 Å². The minimum atomic E-state index is -0.0804. The smallest absolute Gasteiger partial charge is 0.239 e. The Morgan fingerprint density at radius 3 is 2.73 bits per heavy atom. The molecule has 6 nitrogen and oxygen atoms in total. The van der Waals surface area contributed by atoms with E-state index in [-0.39, 0.29) is 29.9 Å². The maximum atomic E-state index is 12.6. The molecule has 3 atom stereocenters. The summed E-state index contributed by atoms with van der Waals surface area (Å²) < 4.78 is 0. The number of likely N-dealkylation sites (tertiary alicyclic amines) is 1. The van der Waals surface area contributed by atoms with E-state index in [1.807, 2.05) is 30.3 Å². The van der Waals surface area contributed by atoms with Gasteiger partial charge in [-0.15, -0.1) is 0 Å². The van der Waals surface area contributed by atoms with Crippen molar-refractivity contribution in [3.63, 3.8) is 0 Å². The predicted octanol–water partition coefficient (Wildman–Crippen LogP) is 1.69. The van der Waals surface area contributed by atoms with Crippen molar-refractivity contribution in [3.05, 3.63) is 30.3 Å². The maximum Gasteiger partial charge on any atom is 0.239 e. The molecule has 0 spiro atoms. The topological polar surface area (TPSA) is 64.7 Å². The predicted molar refractivity (Wildman–Crippen MR) is 103 cm³/mol. The van der Waals surface area contributed by atoms with Crippen molar-refractivity contribution in [2.45, 2.75) is 57.3 Å². The summed E-state index contributed by atoms with van der Waals surface area (Å²) in [6.07, 6.45) is 2.19. The van der Waals surface area contributed by atoms with Gasteiger partial charge in [0.2, 0.25) is 11.8 Å². The van der Waals surface area contributed by atoms with E-state index >= 15 is 0 Å². The van der Waals surface area contributed by atoms with Crippen molar-refractivity contribution >= 4 is 17.5 Å². The Morgan fingerprint density at radius 1 is 1.31 bits per heavy atom. The molecule has 0 aromatic heterocycles. The number of anilines is 1. The van der Waals surface area contributed by atoms with Gasteiger partial charge in [0.05, 0.1) is 0 Å². The average Bonchev–Trinajstić information content (AvgIpc) is 3.03. The van der Waals surface area contributed by atoms with Crippen LogP contribution >= 0.6 is 0 Å². The van der Waals surface area contributed by atoms with Gasteiger partial charge in [0, 0.05) is 43.3 Å². The molecule has 1 aromatic rings. The first-order valence-corrected chi connectivity index (χ1v) is 9.57. The molecule has 26 heavy (non-hydrogen) atoms. The lowest BCUT2D eigenvalue weighted by Crippen LogP contribution is -2.51. The van der Waals surface area contributed by atoms with E-state index in [4.69, 9.17) is 0 Å². The summed E-state index contributed by atoms with van der Waals surface area (Å²) in [5, 5.41) is 6.04. The number of carbonyl (C=O) groups excluding carboxylic acids is 2. The van der Waals surface area contributed by atoms with Gasteiger partial charge in [0.25, 0.3) is 0 Å². The van der Waals surface area contributed by atoms with Crippen LogP contribution in [0.15, 0.2) is 30.3 Å². The monoisotopic (exact) mass is 358 g/mol. The fourth-order valence-electron chi connectivity index (χ4n) is 4.22. The fraction of sp³-hybridized carbons (Fsp3) is 0.600. The first-order valence-electron chi connectivity index (χ1n) is 9.57. The maximum absolute atomic E-state index is 12.6. The van der Waals surface area contributed by atoms with E-state index in [1.165, 1.54) is 0 Å². The number of hydrogen-bond acceptors (Lipinski definition) is 4. The van der Waals surface area contributed by atoms with Gasteiger partial charge < -0.3 is 10.6 Å². The second-order valence-electron chi connectivity index (χ2n) is 7.65. The molecule has 2 aliphatic rings. The molecule has 0 unspecified atom stereocenters. The van der Waals surface area contributed by atoms with E-state index in [1.54, 1.807) is 0 Å². The van der Waals surface area contributed by atoms with Crippen LogP contribution in [0.25, 0.3) is 0 Å². The summed E-state index contributed by atoms with van der Waals surface area (Å²) in [5.41, 5.74) is 0.823. The van der Waals surface area contributed by atoms with Gasteiger partial charge in [-0.1, -0.05) is 18.2 Å². The number of fused-ring (bicyclic) bond motifs is 1. The first-order chi connectivity index (χ1) is 12.5. The van der Waals surface area contributed by atoms with Crippen LogP contribution < -0.4 is 10.6 Å². The van der Waals surface area contributed by atoms with Crippen LogP contribution in [0, 0.1) is 0 Å². The highest BCUT2D eigenvalue weighted by Crippen LogP contribution is 2.28. The van der Waals surface area contributed by atoms with Crippen LogP contribution in [0.4, 0.5) is 5.69 Å². The van der Waals surface area contributed by atoms with Crippen LogP contribution in [-0.4, -0.2) is 65.9 Å². The van der Waals surface area contributed by atoms with E-state index in [0.717, 1.165) is 25.1 Å². The first kappa shape index (κ1) is 18.9. The van der Waals surface area contributed by atoms with Crippen molar-refractivity contribution in [2.24, 2.45) is 0 Å². The number of amides is 2. The SMILES string of the molecule is CC(C)N1CC[C@@H]2[C@H]1C(=O)NC[C@H](CCC(=O)Nc1ccccc1)N2C. The van der Waals surface area contributed by atoms with Gasteiger partial charge in [-0.05, 0) is 45.9 Å². The van der Waals surface area contributed by atoms with E-state index in [9.17, 15) is 9.59 Å². The van der Waals surface area contributed by atoms with Crippen LogP contribution in [0.2, 0.25) is 0 Å². The molecule has 0 saturated carbocycles. The largest absolute Gasteiger partial charge is 0.353 e. The highest BCUT2D eigenvalue weighted by molar-refractivity contribution is 5.90. The normalized spacial score (nSPS) is 27.1. The number of rotatable bonds is 5. The third-order valence-electron chi connectivity index (χ3n) is 5.71. The summed E-state index contributed by atoms with van der Waals surface area (Å²) in [6, 6.07) is 10.2. The molecule has 2 N–H and O–H groups in total. The van der Waals surface area contributed by atoms with Gasteiger partial charge in [-0.3, -0.25) is 19.4 Å². The van der Waals surface area contributed by atoms with Crippen molar-refractivity contribution in [2.75, 3.05) is 25.5 Å². The van der Waals surface area contributed by atoms with Crippen LogP contribution in [0.5, 0.6) is 0 Å². The van der Waals surface area contributed by atoms with Gasteiger partial charge in [-0.25, -0.2) is 0 Å². The fourth-order valence-corrected chi connectivity index (χ4v) is 4.22. The number of para-hydroxylation sites is 1. The molecule has 2 fully saturated rings. The zero-order valence-electron chi connectivity index (χ0n) is 15.9. The molecular formula is C20H30N4O2. The van der Waals surface area contributed by atoms with E-state index < -0.39 is 0 Å². The number of nitrogens with one attached hydrogen (secondary N) is 2. The second kappa shape index (κ2) is 8.18. The molecular weight excluding hydrogens is 328 g/mol. The number of benzene rings is 1. The van der Waals surface area contributed by atoms with E-state index in [2.05, 4.69) is 41.3 Å². The van der Waals surface area contributed by atoms with Crippen molar-refractivity contribution in [3.8, 4) is 0 Å². The molecule has 3 rings (SSSR count). The molecule has 1 aromatic carbocycles. The highest BCUT2D eigenvalue weighted by Gasteiger charge is 2.45. The van der Waals surface area contributed by atoms with Gasteiger partial charge in [-0.2, -0.15) is 0 Å². The van der Waals surface area contributed by atoms with Crippen LogP contribution in [0.1, 0.15) is 33.1 Å². The Hall–Kier alpha value is -1.92. The Labute approximate surface area is 155 Å². The highest BCUT2D eigenvalue weighted by atomic mass is 16.2. The zero-order chi connectivity index (χ0) is 18.7.